The van der Waals surface area contributed by atoms with Crippen molar-refractivity contribution in [3.05, 3.63) is 65.7 Å². The van der Waals surface area contributed by atoms with Crippen molar-refractivity contribution in [1.29, 1.82) is 0 Å². The lowest BCUT2D eigenvalue weighted by Crippen LogP contribution is -2.38. The molecule has 0 N–H and O–H groups in total. The van der Waals surface area contributed by atoms with E-state index >= 15 is 0 Å². The number of nitrogens with zero attached hydrogens (tertiary/aromatic N) is 3. The maximum Gasteiger partial charge on any atom is 0.277 e. The van der Waals surface area contributed by atoms with Gasteiger partial charge < -0.3 is 9.32 Å². The number of thioether (sulfide) groups is 1. The molecule has 2 aromatic carbocycles. The van der Waals surface area contributed by atoms with E-state index in [9.17, 15) is 4.79 Å². The smallest absolute Gasteiger partial charge is 0.277 e. The Morgan fingerprint density at radius 3 is 2.46 bits per heavy atom. The number of benzene rings is 2. The predicted molar refractivity (Wildman–Crippen MR) is 110 cm³/mol. The molecular formula is C22H23N3O2S. The van der Waals surface area contributed by atoms with Crippen LogP contribution in [0, 0.1) is 6.92 Å². The molecule has 0 unspecified atom stereocenters. The molecule has 0 radical (unpaired) electrons. The van der Waals surface area contributed by atoms with E-state index in [0.29, 0.717) is 11.1 Å². The fourth-order valence-corrected chi connectivity index (χ4v) is 4.41. The summed E-state index contributed by atoms with van der Waals surface area (Å²) >= 11 is 1.33. The Hall–Kier alpha value is -2.60. The maximum absolute atomic E-state index is 13.2. The number of piperidine rings is 1. The van der Waals surface area contributed by atoms with Gasteiger partial charge in [0.25, 0.3) is 5.22 Å². The molecule has 5 nitrogen and oxygen atoms in total. The van der Waals surface area contributed by atoms with E-state index < -0.39 is 0 Å². The van der Waals surface area contributed by atoms with Gasteiger partial charge in [-0.15, -0.1) is 10.2 Å². The Labute approximate surface area is 169 Å². The Morgan fingerprint density at radius 2 is 1.71 bits per heavy atom. The van der Waals surface area contributed by atoms with Crippen LogP contribution in [-0.2, 0) is 4.79 Å². The van der Waals surface area contributed by atoms with E-state index in [1.807, 2.05) is 66.4 Å². The number of hydrogen-bond acceptors (Lipinski definition) is 5. The molecule has 144 valence electrons. The van der Waals surface area contributed by atoms with Crippen LogP contribution in [0.1, 0.15) is 35.6 Å². The number of amides is 1. The monoisotopic (exact) mass is 393 g/mol. The first kappa shape index (κ1) is 18.7. The number of rotatable bonds is 5. The van der Waals surface area contributed by atoms with Gasteiger partial charge in [-0.2, -0.15) is 0 Å². The minimum Gasteiger partial charge on any atom is -0.411 e. The summed E-state index contributed by atoms with van der Waals surface area (Å²) in [5.74, 6) is 0.601. The van der Waals surface area contributed by atoms with Crippen LogP contribution in [0.3, 0.4) is 0 Å². The molecule has 0 bridgehead atoms. The average molecular weight is 394 g/mol. The molecular weight excluding hydrogens is 370 g/mol. The molecule has 2 heterocycles. The summed E-state index contributed by atoms with van der Waals surface area (Å²) in [5.41, 5.74) is 2.95. The van der Waals surface area contributed by atoms with Crippen molar-refractivity contribution < 1.29 is 9.21 Å². The molecule has 4 rings (SSSR count). The average Bonchev–Trinajstić information content (AvgIpc) is 3.21. The molecule has 28 heavy (non-hydrogen) atoms. The Balaban J connectivity index is 1.59. The van der Waals surface area contributed by atoms with E-state index in [2.05, 4.69) is 10.2 Å². The van der Waals surface area contributed by atoms with Crippen LogP contribution in [0.5, 0.6) is 0 Å². The first-order valence-electron chi connectivity index (χ1n) is 9.62. The highest BCUT2D eigenvalue weighted by molar-refractivity contribution is 8.00. The van der Waals surface area contributed by atoms with E-state index in [1.54, 1.807) is 0 Å². The minimum absolute atomic E-state index is 0.117. The summed E-state index contributed by atoms with van der Waals surface area (Å²) in [5, 5.41) is 8.44. The van der Waals surface area contributed by atoms with E-state index in [4.69, 9.17) is 4.42 Å². The standard InChI is InChI=1S/C22H23N3O2S/c1-16-10-6-7-13-18(16)20-23-24-22(27-20)28-19(17-11-4-2-5-12-17)21(26)25-14-8-3-9-15-25/h2,4-7,10-13,19H,3,8-9,14-15H2,1H3/t19-/m0/s1. The summed E-state index contributed by atoms with van der Waals surface area (Å²) < 4.78 is 5.91. The fraction of sp³-hybridized carbons (Fsp3) is 0.318. The van der Waals surface area contributed by atoms with Gasteiger partial charge in [0, 0.05) is 18.7 Å². The van der Waals surface area contributed by atoms with Gasteiger partial charge in [0.1, 0.15) is 5.25 Å². The molecule has 1 amide bonds. The third-order valence-corrected chi connectivity index (χ3v) is 6.07. The van der Waals surface area contributed by atoms with Crippen molar-refractivity contribution in [1.82, 2.24) is 15.1 Å². The molecule has 1 aromatic heterocycles. The molecule has 1 saturated heterocycles. The van der Waals surface area contributed by atoms with Crippen LogP contribution >= 0.6 is 11.8 Å². The summed E-state index contributed by atoms with van der Waals surface area (Å²) in [6, 6.07) is 17.7. The van der Waals surface area contributed by atoms with E-state index in [0.717, 1.165) is 42.6 Å². The molecule has 0 aliphatic carbocycles. The van der Waals surface area contributed by atoms with Crippen LogP contribution < -0.4 is 0 Å². The molecule has 3 aromatic rings. The molecule has 1 fully saturated rings. The Bertz CT molecular complexity index is 936. The minimum atomic E-state index is -0.385. The highest BCUT2D eigenvalue weighted by Gasteiger charge is 2.29. The number of carbonyl (C=O) groups is 1. The fourth-order valence-electron chi connectivity index (χ4n) is 3.45. The van der Waals surface area contributed by atoms with Gasteiger partial charge in [0.15, 0.2) is 0 Å². The van der Waals surface area contributed by atoms with Crippen molar-refractivity contribution in [2.75, 3.05) is 13.1 Å². The predicted octanol–water partition coefficient (Wildman–Crippen LogP) is 4.89. The number of aromatic nitrogens is 2. The summed E-state index contributed by atoms with van der Waals surface area (Å²) in [4.78, 5) is 15.2. The van der Waals surface area contributed by atoms with Crippen LogP contribution in [0.2, 0.25) is 0 Å². The number of likely N-dealkylation sites (tertiary alicyclic amines) is 1. The third kappa shape index (κ3) is 4.12. The lowest BCUT2D eigenvalue weighted by molar-refractivity contribution is -0.131. The van der Waals surface area contributed by atoms with Gasteiger partial charge in [-0.1, -0.05) is 48.5 Å². The van der Waals surface area contributed by atoms with Gasteiger partial charge in [-0.05, 0) is 55.1 Å². The SMILES string of the molecule is Cc1ccccc1-c1nnc(S[C@H](C(=O)N2CCCCC2)c2ccccc2)o1. The van der Waals surface area contributed by atoms with Crippen molar-refractivity contribution in [2.24, 2.45) is 0 Å². The highest BCUT2D eigenvalue weighted by atomic mass is 32.2. The normalized spacial score (nSPS) is 15.4. The number of aryl methyl sites for hydroxylation is 1. The lowest BCUT2D eigenvalue weighted by atomic mass is 10.1. The van der Waals surface area contributed by atoms with Gasteiger partial charge in [-0.3, -0.25) is 4.79 Å². The van der Waals surface area contributed by atoms with Crippen molar-refractivity contribution in [2.45, 2.75) is 36.7 Å². The van der Waals surface area contributed by atoms with Gasteiger partial charge in [-0.25, -0.2) is 0 Å². The van der Waals surface area contributed by atoms with E-state index in [1.165, 1.54) is 18.2 Å². The molecule has 1 atom stereocenters. The third-order valence-electron chi connectivity index (χ3n) is 4.99. The summed E-state index contributed by atoms with van der Waals surface area (Å²) in [6.45, 7) is 3.65. The second-order valence-corrected chi connectivity index (χ2v) is 8.04. The highest BCUT2D eigenvalue weighted by Crippen LogP contribution is 2.37. The zero-order chi connectivity index (χ0) is 19.3. The number of carbonyl (C=O) groups excluding carboxylic acids is 1. The second kappa shape index (κ2) is 8.61. The number of hydrogen-bond donors (Lipinski definition) is 0. The lowest BCUT2D eigenvalue weighted by Gasteiger charge is -2.29. The van der Waals surface area contributed by atoms with Crippen LogP contribution in [-0.4, -0.2) is 34.1 Å². The van der Waals surface area contributed by atoms with Crippen molar-refractivity contribution >= 4 is 17.7 Å². The van der Waals surface area contributed by atoms with Gasteiger partial charge in [0.05, 0.1) is 0 Å². The zero-order valence-corrected chi connectivity index (χ0v) is 16.7. The van der Waals surface area contributed by atoms with Crippen LogP contribution in [0.4, 0.5) is 0 Å². The molecule has 6 heteroatoms. The first-order chi connectivity index (χ1) is 13.7. The van der Waals surface area contributed by atoms with Crippen molar-refractivity contribution in [3.8, 4) is 11.5 Å². The Morgan fingerprint density at radius 1 is 1.00 bits per heavy atom. The second-order valence-electron chi connectivity index (χ2n) is 6.98. The topological polar surface area (TPSA) is 59.2 Å². The Kier molecular flexibility index (Phi) is 5.76. The zero-order valence-electron chi connectivity index (χ0n) is 15.9. The first-order valence-corrected chi connectivity index (χ1v) is 10.5. The van der Waals surface area contributed by atoms with Gasteiger partial charge in [0.2, 0.25) is 11.8 Å². The molecule has 0 saturated carbocycles. The molecule has 1 aliphatic rings. The van der Waals surface area contributed by atoms with Crippen molar-refractivity contribution in [3.63, 3.8) is 0 Å². The van der Waals surface area contributed by atoms with Crippen LogP contribution in [0.25, 0.3) is 11.5 Å². The van der Waals surface area contributed by atoms with Gasteiger partial charge >= 0.3 is 0 Å². The molecule has 1 aliphatic heterocycles. The van der Waals surface area contributed by atoms with E-state index in [-0.39, 0.29) is 11.2 Å². The molecule has 0 spiro atoms. The largest absolute Gasteiger partial charge is 0.411 e. The summed E-state index contributed by atoms with van der Waals surface area (Å²) in [6.07, 6.45) is 3.32. The quantitative estimate of drug-likeness (QED) is 0.578. The van der Waals surface area contributed by atoms with Crippen LogP contribution in [0.15, 0.2) is 64.2 Å². The maximum atomic E-state index is 13.2. The summed E-state index contributed by atoms with van der Waals surface area (Å²) in [7, 11) is 0.